The molecular weight excluding hydrogens is 246 g/mol. The molecule has 0 radical (unpaired) electrons. The zero-order chi connectivity index (χ0) is 13.9. The predicted octanol–water partition coefficient (Wildman–Crippen LogP) is 3.54. The Kier molecular flexibility index (Phi) is 4.25. The van der Waals surface area contributed by atoms with Crippen LogP contribution in [-0.2, 0) is 0 Å². The van der Waals surface area contributed by atoms with Crippen LogP contribution in [0.3, 0.4) is 0 Å². The maximum Gasteiger partial charge on any atom is 0.128 e. The van der Waals surface area contributed by atoms with E-state index in [9.17, 15) is 0 Å². The number of anilines is 1. The molecule has 0 aliphatic carbocycles. The molecule has 2 fully saturated rings. The van der Waals surface area contributed by atoms with Crippen LogP contribution >= 0.6 is 0 Å². The number of aryl methyl sites for hydroxylation is 1. The lowest BCUT2D eigenvalue weighted by molar-refractivity contribution is 0.156. The van der Waals surface area contributed by atoms with E-state index in [1.54, 1.807) is 0 Å². The first kappa shape index (κ1) is 13.9. The second kappa shape index (κ2) is 6.13. The summed E-state index contributed by atoms with van der Waals surface area (Å²) in [7, 11) is 0. The third kappa shape index (κ3) is 2.69. The van der Waals surface area contributed by atoms with Gasteiger partial charge in [-0.1, -0.05) is 19.4 Å². The molecule has 1 unspecified atom stereocenters. The average molecular weight is 273 g/mol. The van der Waals surface area contributed by atoms with Crippen LogP contribution in [0, 0.1) is 6.92 Å². The molecule has 1 aromatic rings. The number of hydrogen-bond acceptors (Lipinski definition) is 3. The third-order valence-electron chi connectivity index (χ3n) is 4.92. The Morgan fingerprint density at radius 1 is 1.10 bits per heavy atom. The summed E-state index contributed by atoms with van der Waals surface area (Å²) in [5.74, 6) is 1.18. The molecule has 110 valence electrons. The Bertz CT molecular complexity index is 452. The monoisotopic (exact) mass is 273 g/mol. The minimum atomic E-state index is 0.592. The van der Waals surface area contributed by atoms with E-state index in [1.807, 2.05) is 0 Å². The standard InChI is InChI=1S/C17H27N3/c1-3-19-11-5-4-8-16(19)15-9-10-17(18-14(15)2)20-12-6-7-13-20/h9-10,16H,3-8,11-13H2,1-2H3. The zero-order valence-electron chi connectivity index (χ0n) is 12.9. The molecule has 2 saturated heterocycles. The fourth-order valence-electron chi connectivity index (χ4n) is 3.75. The predicted molar refractivity (Wildman–Crippen MR) is 84.3 cm³/mol. The van der Waals surface area contributed by atoms with Crippen LogP contribution in [0.25, 0.3) is 0 Å². The van der Waals surface area contributed by atoms with Gasteiger partial charge in [-0.3, -0.25) is 4.90 Å². The van der Waals surface area contributed by atoms with Gasteiger partial charge < -0.3 is 4.90 Å². The van der Waals surface area contributed by atoms with Crippen molar-refractivity contribution in [2.75, 3.05) is 31.1 Å². The summed E-state index contributed by atoms with van der Waals surface area (Å²) in [5, 5.41) is 0. The summed E-state index contributed by atoms with van der Waals surface area (Å²) in [6.07, 6.45) is 6.63. The van der Waals surface area contributed by atoms with Gasteiger partial charge in [-0.2, -0.15) is 0 Å². The Morgan fingerprint density at radius 3 is 2.55 bits per heavy atom. The van der Waals surface area contributed by atoms with Crippen molar-refractivity contribution >= 4 is 5.82 Å². The average Bonchev–Trinajstić information content (AvgIpc) is 3.01. The van der Waals surface area contributed by atoms with Gasteiger partial charge in [-0.05, 0) is 57.3 Å². The summed E-state index contributed by atoms with van der Waals surface area (Å²) >= 11 is 0. The number of rotatable bonds is 3. The van der Waals surface area contributed by atoms with Crippen molar-refractivity contribution in [3.05, 3.63) is 23.4 Å². The molecule has 3 heteroatoms. The fraction of sp³-hybridized carbons (Fsp3) is 0.706. The molecule has 2 aliphatic rings. The number of aromatic nitrogens is 1. The van der Waals surface area contributed by atoms with Crippen molar-refractivity contribution in [3.63, 3.8) is 0 Å². The summed E-state index contributed by atoms with van der Waals surface area (Å²) in [4.78, 5) is 9.94. The first-order valence-corrected chi connectivity index (χ1v) is 8.26. The highest BCUT2D eigenvalue weighted by Gasteiger charge is 2.25. The summed E-state index contributed by atoms with van der Waals surface area (Å²) < 4.78 is 0. The van der Waals surface area contributed by atoms with Crippen molar-refractivity contribution in [3.8, 4) is 0 Å². The maximum absolute atomic E-state index is 4.90. The third-order valence-corrected chi connectivity index (χ3v) is 4.92. The van der Waals surface area contributed by atoms with Crippen molar-refractivity contribution in [2.24, 2.45) is 0 Å². The Balaban J connectivity index is 1.82. The molecule has 3 nitrogen and oxygen atoms in total. The van der Waals surface area contributed by atoms with Gasteiger partial charge >= 0.3 is 0 Å². The minimum absolute atomic E-state index is 0.592. The van der Waals surface area contributed by atoms with Crippen molar-refractivity contribution in [1.29, 1.82) is 0 Å². The SMILES string of the molecule is CCN1CCCCC1c1ccc(N2CCCC2)nc1C. The van der Waals surface area contributed by atoms with Crippen molar-refractivity contribution < 1.29 is 0 Å². The number of hydrogen-bond donors (Lipinski definition) is 0. The van der Waals surface area contributed by atoms with Crippen molar-refractivity contribution in [1.82, 2.24) is 9.88 Å². The lowest BCUT2D eigenvalue weighted by atomic mass is 9.94. The number of piperidine rings is 1. The van der Waals surface area contributed by atoms with E-state index in [0.29, 0.717) is 6.04 Å². The Labute approximate surface area is 123 Å². The van der Waals surface area contributed by atoms with Gasteiger partial charge in [0.05, 0.1) is 0 Å². The van der Waals surface area contributed by atoms with Gasteiger partial charge in [-0.25, -0.2) is 4.98 Å². The molecule has 1 atom stereocenters. The molecule has 3 heterocycles. The van der Waals surface area contributed by atoms with Crippen LogP contribution < -0.4 is 4.90 Å². The van der Waals surface area contributed by atoms with E-state index >= 15 is 0 Å². The lowest BCUT2D eigenvalue weighted by Gasteiger charge is -2.36. The normalized spacial score (nSPS) is 24.3. The molecule has 0 saturated carbocycles. The van der Waals surface area contributed by atoms with E-state index in [-0.39, 0.29) is 0 Å². The second-order valence-electron chi connectivity index (χ2n) is 6.18. The smallest absolute Gasteiger partial charge is 0.128 e. The zero-order valence-corrected chi connectivity index (χ0v) is 12.9. The topological polar surface area (TPSA) is 19.4 Å². The molecule has 1 aromatic heterocycles. The summed E-state index contributed by atoms with van der Waals surface area (Å²) in [6.45, 7) is 9.22. The number of pyridine rings is 1. The van der Waals surface area contributed by atoms with Crippen LogP contribution in [0.1, 0.15) is 56.3 Å². The minimum Gasteiger partial charge on any atom is -0.357 e. The Hall–Kier alpha value is -1.09. The molecule has 0 aromatic carbocycles. The van der Waals surface area contributed by atoms with E-state index in [0.717, 1.165) is 6.54 Å². The van der Waals surface area contributed by atoms with E-state index in [4.69, 9.17) is 4.98 Å². The van der Waals surface area contributed by atoms with Crippen LogP contribution in [-0.4, -0.2) is 36.1 Å². The number of likely N-dealkylation sites (tertiary alicyclic amines) is 1. The molecule has 0 amide bonds. The molecule has 0 bridgehead atoms. The lowest BCUT2D eigenvalue weighted by Crippen LogP contribution is -2.33. The molecule has 0 spiro atoms. The molecule has 2 aliphatic heterocycles. The van der Waals surface area contributed by atoms with Gasteiger partial charge in [0.15, 0.2) is 0 Å². The number of nitrogens with zero attached hydrogens (tertiary/aromatic N) is 3. The van der Waals surface area contributed by atoms with Gasteiger partial charge in [-0.15, -0.1) is 0 Å². The molecular formula is C17H27N3. The summed E-state index contributed by atoms with van der Waals surface area (Å²) in [6, 6.07) is 5.18. The Morgan fingerprint density at radius 2 is 1.85 bits per heavy atom. The van der Waals surface area contributed by atoms with Gasteiger partial charge in [0.2, 0.25) is 0 Å². The van der Waals surface area contributed by atoms with Gasteiger partial charge in [0.1, 0.15) is 5.82 Å². The van der Waals surface area contributed by atoms with Crippen molar-refractivity contribution in [2.45, 2.75) is 52.0 Å². The van der Waals surface area contributed by atoms with Crippen LogP contribution in [0.15, 0.2) is 12.1 Å². The largest absolute Gasteiger partial charge is 0.357 e. The molecule has 20 heavy (non-hydrogen) atoms. The first-order valence-electron chi connectivity index (χ1n) is 8.26. The maximum atomic E-state index is 4.90. The van der Waals surface area contributed by atoms with Crippen LogP contribution in [0.5, 0.6) is 0 Å². The van der Waals surface area contributed by atoms with Crippen LogP contribution in [0.2, 0.25) is 0 Å². The molecule has 0 N–H and O–H groups in total. The van der Waals surface area contributed by atoms with Crippen LogP contribution in [0.4, 0.5) is 5.82 Å². The highest BCUT2D eigenvalue weighted by Crippen LogP contribution is 2.33. The van der Waals surface area contributed by atoms with E-state index < -0.39 is 0 Å². The summed E-state index contributed by atoms with van der Waals surface area (Å²) in [5.41, 5.74) is 2.69. The highest BCUT2D eigenvalue weighted by atomic mass is 15.2. The van der Waals surface area contributed by atoms with E-state index in [1.165, 1.54) is 68.8 Å². The van der Waals surface area contributed by atoms with Gasteiger partial charge in [0.25, 0.3) is 0 Å². The highest BCUT2D eigenvalue weighted by molar-refractivity contribution is 5.43. The van der Waals surface area contributed by atoms with Gasteiger partial charge in [0, 0.05) is 24.8 Å². The first-order chi connectivity index (χ1) is 9.79. The quantitative estimate of drug-likeness (QED) is 0.839. The fourth-order valence-corrected chi connectivity index (χ4v) is 3.75. The molecule has 3 rings (SSSR count). The second-order valence-corrected chi connectivity index (χ2v) is 6.18. The van der Waals surface area contributed by atoms with E-state index in [2.05, 4.69) is 35.8 Å².